The van der Waals surface area contributed by atoms with Crippen LogP contribution in [0.5, 0.6) is 5.75 Å². The van der Waals surface area contributed by atoms with Gasteiger partial charge in [0.05, 0.1) is 29.5 Å². The highest BCUT2D eigenvalue weighted by atomic mass is 35.5. The van der Waals surface area contributed by atoms with Crippen LogP contribution in [0.3, 0.4) is 0 Å². The summed E-state index contributed by atoms with van der Waals surface area (Å²) in [4.78, 5) is 25.3. The summed E-state index contributed by atoms with van der Waals surface area (Å²) >= 11 is 6.26. The van der Waals surface area contributed by atoms with Gasteiger partial charge < -0.3 is 10.1 Å². The summed E-state index contributed by atoms with van der Waals surface area (Å²) in [6.07, 6.45) is 0.856. The fourth-order valence-corrected chi connectivity index (χ4v) is 5.74. The molecule has 0 aromatic heterocycles. The van der Waals surface area contributed by atoms with Gasteiger partial charge in [-0.25, -0.2) is 21.6 Å². The minimum absolute atomic E-state index is 0.00944. The number of rotatable bonds is 10. The maximum absolute atomic E-state index is 13.6. The zero-order chi connectivity index (χ0) is 29.0. The number of hydrogen-bond acceptors (Lipinski definition) is 7. The van der Waals surface area contributed by atoms with E-state index in [2.05, 4.69) is 5.32 Å². The van der Waals surface area contributed by atoms with Gasteiger partial charge in [0.25, 0.3) is 15.9 Å². The number of anilines is 1. The van der Waals surface area contributed by atoms with E-state index in [1.54, 1.807) is 37.3 Å². The van der Waals surface area contributed by atoms with Crippen molar-refractivity contribution >= 4 is 49.1 Å². The molecule has 39 heavy (non-hydrogen) atoms. The third-order valence-electron chi connectivity index (χ3n) is 5.68. The standard InChI is InChI=1S/C26H28ClN3O7S2/c1-17-8-11-20(12-9-17)39(35,36)30(23-7-5-6-22(27)18(23)2)16-25(31)28-15-19-10-13-21(24(14-19)37-3)26(32)29-38(4,33)34/h5-14H,15-16H2,1-4H3,(H,28,31)(H,29,32). The molecule has 3 aromatic rings. The van der Waals surface area contributed by atoms with Gasteiger partial charge in [0.2, 0.25) is 15.9 Å². The summed E-state index contributed by atoms with van der Waals surface area (Å²) in [7, 11) is -6.59. The first-order chi connectivity index (χ1) is 18.2. The SMILES string of the molecule is COc1cc(CNC(=O)CN(c2cccc(Cl)c2C)S(=O)(=O)c2ccc(C)cc2)ccc1C(=O)NS(C)(=O)=O. The van der Waals surface area contributed by atoms with Crippen LogP contribution in [-0.4, -0.2) is 48.6 Å². The van der Waals surface area contributed by atoms with Crippen molar-refractivity contribution in [1.82, 2.24) is 10.0 Å². The van der Waals surface area contributed by atoms with Gasteiger partial charge >= 0.3 is 0 Å². The lowest BCUT2D eigenvalue weighted by Gasteiger charge is -2.26. The molecule has 0 aliphatic heterocycles. The zero-order valence-electron chi connectivity index (χ0n) is 21.7. The quantitative estimate of drug-likeness (QED) is 0.368. The monoisotopic (exact) mass is 593 g/mol. The van der Waals surface area contributed by atoms with Crippen LogP contribution in [0.2, 0.25) is 5.02 Å². The Balaban J connectivity index is 1.84. The molecule has 0 saturated heterocycles. The molecule has 3 aromatic carbocycles. The van der Waals surface area contributed by atoms with E-state index in [0.29, 0.717) is 16.1 Å². The zero-order valence-corrected chi connectivity index (χ0v) is 24.1. The van der Waals surface area contributed by atoms with Crippen LogP contribution < -0.4 is 19.1 Å². The summed E-state index contributed by atoms with van der Waals surface area (Å²) in [6, 6.07) is 15.5. The minimum Gasteiger partial charge on any atom is -0.496 e. The molecule has 10 nitrogen and oxygen atoms in total. The molecule has 3 rings (SSSR count). The van der Waals surface area contributed by atoms with Crippen LogP contribution in [0.25, 0.3) is 0 Å². The third-order valence-corrected chi connectivity index (χ3v) is 8.42. The lowest BCUT2D eigenvalue weighted by molar-refractivity contribution is -0.119. The Morgan fingerprint density at radius 2 is 1.64 bits per heavy atom. The smallest absolute Gasteiger partial charge is 0.268 e. The number of sulfonamides is 2. The third kappa shape index (κ3) is 7.49. The predicted octanol–water partition coefficient (Wildman–Crippen LogP) is 3.17. The van der Waals surface area contributed by atoms with E-state index in [4.69, 9.17) is 16.3 Å². The number of methoxy groups -OCH3 is 1. The van der Waals surface area contributed by atoms with E-state index < -0.39 is 38.4 Å². The molecule has 0 aliphatic rings. The van der Waals surface area contributed by atoms with Crippen LogP contribution in [0.15, 0.2) is 65.6 Å². The summed E-state index contributed by atoms with van der Waals surface area (Å²) in [5, 5.41) is 3.03. The molecular weight excluding hydrogens is 566 g/mol. The number of halogens is 1. The minimum atomic E-state index is -4.13. The van der Waals surface area contributed by atoms with Crippen LogP contribution >= 0.6 is 11.6 Å². The number of hydrogen-bond donors (Lipinski definition) is 2. The normalized spacial score (nSPS) is 11.5. The number of benzene rings is 3. The predicted molar refractivity (Wildman–Crippen MR) is 149 cm³/mol. The summed E-state index contributed by atoms with van der Waals surface area (Å²) in [5.41, 5.74) is 2.16. The Kier molecular flexibility index (Phi) is 9.26. The molecule has 0 spiro atoms. The van der Waals surface area contributed by atoms with Crippen LogP contribution in [0, 0.1) is 13.8 Å². The highest BCUT2D eigenvalue weighted by Crippen LogP contribution is 2.31. The number of aryl methyl sites for hydroxylation is 1. The number of carbonyl (C=O) groups excluding carboxylic acids is 2. The van der Waals surface area contributed by atoms with E-state index >= 15 is 0 Å². The molecule has 2 amide bonds. The van der Waals surface area contributed by atoms with Gasteiger partial charge in [-0.3, -0.25) is 13.9 Å². The highest BCUT2D eigenvalue weighted by Gasteiger charge is 2.29. The largest absolute Gasteiger partial charge is 0.496 e. The van der Waals surface area contributed by atoms with E-state index in [1.807, 2.05) is 11.6 Å². The van der Waals surface area contributed by atoms with Crippen molar-refractivity contribution in [3.8, 4) is 5.75 Å². The van der Waals surface area contributed by atoms with Crippen molar-refractivity contribution in [2.75, 3.05) is 24.2 Å². The average Bonchev–Trinajstić information content (AvgIpc) is 2.87. The first-order valence-electron chi connectivity index (χ1n) is 11.5. The molecule has 0 radical (unpaired) electrons. The van der Waals surface area contributed by atoms with E-state index in [0.717, 1.165) is 16.1 Å². The van der Waals surface area contributed by atoms with Gasteiger partial charge in [-0.2, -0.15) is 0 Å². The van der Waals surface area contributed by atoms with Gasteiger partial charge in [0.1, 0.15) is 12.3 Å². The number of carbonyl (C=O) groups is 2. The van der Waals surface area contributed by atoms with Gasteiger partial charge in [-0.15, -0.1) is 0 Å². The van der Waals surface area contributed by atoms with Gasteiger partial charge in [0, 0.05) is 11.6 Å². The topological polar surface area (TPSA) is 139 Å². The van der Waals surface area contributed by atoms with Crippen molar-refractivity contribution in [2.45, 2.75) is 25.3 Å². The Bertz CT molecular complexity index is 1610. The molecule has 0 bridgehead atoms. The van der Waals surface area contributed by atoms with E-state index in [9.17, 15) is 26.4 Å². The van der Waals surface area contributed by atoms with Crippen LogP contribution in [0.1, 0.15) is 27.0 Å². The molecule has 13 heteroatoms. The molecule has 0 saturated carbocycles. The van der Waals surface area contributed by atoms with Crippen LogP contribution in [0.4, 0.5) is 5.69 Å². The molecular formula is C26H28ClN3O7S2. The Morgan fingerprint density at radius 1 is 0.974 bits per heavy atom. The number of amides is 2. The molecule has 0 heterocycles. The maximum atomic E-state index is 13.6. The molecule has 0 aliphatic carbocycles. The van der Waals surface area contributed by atoms with Crippen LogP contribution in [-0.2, 0) is 31.4 Å². The van der Waals surface area contributed by atoms with Crippen molar-refractivity contribution in [3.05, 3.63) is 87.9 Å². The van der Waals surface area contributed by atoms with Gasteiger partial charge in [0.15, 0.2) is 0 Å². The second-order valence-electron chi connectivity index (χ2n) is 8.72. The molecule has 0 atom stereocenters. The van der Waals surface area contributed by atoms with Crippen molar-refractivity contribution in [3.63, 3.8) is 0 Å². The molecule has 208 valence electrons. The van der Waals surface area contributed by atoms with Gasteiger partial charge in [-0.1, -0.05) is 41.4 Å². The first kappa shape index (κ1) is 29.9. The van der Waals surface area contributed by atoms with Crippen molar-refractivity contribution in [1.29, 1.82) is 0 Å². The summed E-state index contributed by atoms with van der Waals surface area (Å²) in [5.74, 6) is -1.36. The number of ether oxygens (including phenoxy) is 1. The molecule has 2 N–H and O–H groups in total. The second kappa shape index (κ2) is 12.1. The van der Waals surface area contributed by atoms with E-state index in [-0.39, 0.29) is 28.4 Å². The van der Waals surface area contributed by atoms with E-state index in [1.165, 1.54) is 37.4 Å². The summed E-state index contributed by atoms with van der Waals surface area (Å²) in [6.45, 7) is 2.96. The Labute approximate surface area is 233 Å². The van der Waals surface area contributed by atoms with Gasteiger partial charge in [-0.05, 0) is 61.4 Å². The fraction of sp³-hybridized carbons (Fsp3) is 0.231. The first-order valence-corrected chi connectivity index (χ1v) is 15.2. The second-order valence-corrected chi connectivity index (χ2v) is 12.7. The van der Waals surface area contributed by atoms with Crippen molar-refractivity contribution < 1.29 is 31.2 Å². The number of nitrogens with one attached hydrogen (secondary N) is 2. The lowest BCUT2D eigenvalue weighted by Crippen LogP contribution is -2.41. The lowest BCUT2D eigenvalue weighted by atomic mass is 10.1. The molecule has 0 fully saturated rings. The van der Waals surface area contributed by atoms with Crippen molar-refractivity contribution in [2.24, 2.45) is 0 Å². The molecule has 0 unspecified atom stereocenters. The Hall–Kier alpha value is -3.61. The number of nitrogens with zero attached hydrogens (tertiary/aromatic N) is 1. The fourth-order valence-electron chi connectivity index (χ4n) is 3.65. The average molecular weight is 594 g/mol. The highest BCUT2D eigenvalue weighted by molar-refractivity contribution is 7.92. The summed E-state index contributed by atoms with van der Waals surface area (Å²) < 4.78 is 58.1. The Morgan fingerprint density at radius 3 is 2.26 bits per heavy atom. The maximum Gasteiger partial charge on any atom is 0.268 e.